The second-order valence-electron chi connectivity index (χ2n) is 9.43. The van der Waals surface area contributed by atoms with Gasteiger partial charge in [0, 0.05) is 47.7 Å². The van der Waals surface area contributed by atoms with Gasteiger partial charge in [-0.1, -0.05) is 84.9 Å². The highest BCUT2D eigenvalue weighted by Crippen LogP contribution is 2.45. The molecule has 2 heterocycles. The van der Waals surface area contributed by atoms with Crippen molar-refractivity contribution in [3.05, 3.63) is 121 Å². The number of hydrogen-bond donors (Lipinski definition) is 1. The zero-order valence-electron chi connectivity index (χ0n) is 19.9. The maximum absolute atomic E-state index is 6.17. The molecule has 1 N–H and O–H groups in total. The number of rotatable bonds is 3. The summed E-state index contributed by atoms with van der Waals surface area (Å²) in [5, 5.41) is 11.1. The fourth-order valence-corrected chi connectivity index (χ4v) is 6.93. The van der Waals surface area contributed by atoms with E-state index in [1.54, 1.807) is 0 Å². The lowest BCUT2D eigenvalue weighted by molar-refractivity contribution is 0.669. The topological polar surface area (TPSA) is 25.2 Å². The van der Waals surface area contributed by atoms with Crippen LogP contribution < -0.4 is 5.32 Å². The third-order valence-electron chi connectivity index (χ3n) is 7.25. The molecule has 3 heteroatoms. The highest BCUT2D eigenvalue weighted by atomic mass is 32.1. The number of fused-ring (bicyclic) bond motifs is 8. The Kier molecular flexibility index (Phi) is 4.42. The van der Waals surface area contributed by atoms with Gasteiger partial charge in [-0.25, -0.2) is 0 Å². The Bertz CT molecular complexity index is 2130. The normalized spacial score (nSPS) is 11.8. The maximum atomic E-state index is 6.17. The van der Waals surface area contributed by atoms with Gasteiger partial charge in [-0.3, -0.25) is 0 Å². The Labute approximate surface area is 217 Å². The van der Waals surface area contributed by atoms with Crippen molar-refractivity contribution in [2.75, 3.05) is 5.32 Å². The molecular formula is C34H21NOS. The van der Waals surface area contributed by atoms with Crippen LogP contribution in [0.25, 0.3) is 64.0 Å². The number of furan rings is 1. The predicted octanol–water partition coefficient (Wildman–Crippen LogP) is 10.5. The van der Waals surface area contributed by atoms with Crippen LogP contribution in [0.3, 0.4) is 0 Å². The number of hydrogen-bond acceptors (Lipinski definition) is 3. The van der Waals surface area contributed by atoms with Gasteiger partial charge in [0.15, 0.2) is 0 Å². The van der Waals surface area contributed by atoms with Crippen molar-refractivity contribution < 1.29 is 4.42 Å². The molecule has 37 heavy (non-hydrogen) atoms. The zero-order valence-corrected chi connectivity index (χ0v) is 20.7. The van der Waals surface area contributed by atoms with Gasteiger partial charge >= 0.3 is 0 Å². The van der Waals surface area contributed by atoms with Gasteiger partial charge in [-0.2, -0.15) is 0 Å². The SMILES string of the molecule is c1cc(Nc2cccc3ccccc23)cc(-c2cccc3c2sc2c3ccc3oc4ccccc4c32)c1. The van der Waals surface area contributed by atoms with Crippen LogP contribution in [0.2, 0.25) is 0 Å². The Morgan fingerprint density at radius 1 is 0.541 bits per heavy atom. The Morgan fingerprint density at radius 3 is 2.27 bits per heavy atom. The first-order valence-corrected chi connectivity index (χ1v) is 13.3. The molecule has 0 spiro atoms. The van der Waals surface area contributed by atoms with Gasteiger partial charge in [0.05, 0.1) is 0 Å². The molecule has 0 aliphatic heterocycles. The summed E-state index contributed by atoms with van der Waals surface area (Å²) in [6.07, 6.45) is 0. The quantitative estimate of drug-likeness (QED) is 0.266. The number of nitrogens with one attached hydrogen (secondary N) is 1. The van der Waals surface area contributed by atoms with Crippen LogP contribution in [0.4, 0.5) is 11.4 Å². The lowest BCUT2D eigenvalue weighted by atomic mass is 10.0. The molecule has 0 radical (unpaired) electrons. The average Bonchev–Trinajstić information content (AvgIpc) is 3.51. The summed E-state index contributed by atoms with van der Waals surface area (Å²) in [6.45, 7) is 0. The molecule has 2 aromatic heterocycles. The lowest BCUT2D eigenvalue weighted by Gasteiger charge is -2.12. The summed E-state index contributed by atoms with van der Waals surface area (Å²) >= 11 is 1.86. The molecule has 8 aromatic rings. The van der Waals surface area contributed by atoms with Gasteiger partial charge in [0.2, 0.25) is 0 Å². The molecule has 6 aromatic carbocycles. The highest BCUT2D eigenvalue weighted by molar-refractivity contribution is 7.27. The first-order chi connectivity index (χ1) is 18.3. The van der Waals surface area contributed by atoms with E-state index in [0.29, 0.717) is 0 Å². The molecule has 0 amide bonds. The average molecular weight is 492 g/mol. The minimum Gasteiger partial charge on any atom is -0.456 e. The van der Waals surface area contributed by atoms with Gasteiger partial charge in [0.1, 0.15) is 11.2 Å². The molecule has 0 saturated carbocycles. The van der Waals surface area contributed by atoms with E-state index in [1.807, 2.05) is 23.5 Å². The molecule has 0 saturated heterocycles. The predicted molar refractivity (Wildman–Crippen MR) is 159 cm³/mol. The van der Waals surface area contributed by atoms with Crippen LogP contribution >= 0.6 is 11.3 Å². The zero-order chi connectivity index (χ0) is 24.3. The van der Waals surface area contributed by atoms with E-state index in [-0.39, 0.29) is 0 Å². The van der Waals surface area contributed by atoms with Crippen molar-refractivity contribution in [1.82, 2.24) is 0 Å². The minimum absolute atomic E-state index is 0.940. The molecule has 2 nitrogen and oxygen atoms in total. The second-order valence-corrected chi connectivity index (χ2v) is 10.5. The summed E-state index contributed by atoms with van der Waals surface area (Å²) in [7, 11) is 0. The summed E-state index contributed by atoms with van der Waals surface area (Å²) in [5.41, 5.74) is 6.54. The van der Waals surface area contributed by atoms with Crippen molar-refractivity contribution in [2.24, 2.45) is 0 Å². The van der Waals surface area contributed by atoms with Gasteiger partial charge in [0.25, 0.3) is 0 Å². The molecule has 0 fully saturated rings. The molecular weight excluding hydrogens is 470 g/mol. The van der Waals surface area contributed by atoms with Crippen LogP contribution in [0.1, 0.15) is 0 Å². The van der Waals surface area contributed by atoms with Crippen molar-refractivity contribution in [3.8, 4) is 11.1 Å². The fraction of sp³-hybridized carbons (Fsp3) is 0. The Morgan fingerprint density at radius 2 is 1.30 bits per heavy atom. The molecule has 0 atom stereocenters. The monoisotopic (exact) mass is 491 g/mol. The fourth-order valence-electron chi connectivity index (χ4n) is 5.55. The molecule has 0 aliphatic carbocycles. The van der Waals surface area contributed by atoms with E-state index < -0.39 is 0 Å². The van der Waals surface area contributed by atoms with E-state index in [4.69, 9.17) is 4.42 Å². The lowest BCUT2D eigenvalue weighted by Crippen LogP contribution is -1.92. The van der Waals surface area contributed by atoms with E-state index in [1.165, 1.54) is 52.8 Å². The molecule has 0 bridgehead atoms. The highest BCUT2D eigenvalue weighted by Gasteiger charge is 2.16. The van der Waals surface area contributed by atoms with Crippen LogP contribution in [-0.2, 0) is 0 Å². The van der Waals surface area contributed by atoms with E-state index in [9.17, 15) is 0 Å². The summed E-state index contributed by atoms with van der Waals surface area (Å²) < 4.78 is 8.76. The Balaban J connectivity index is 1.30. The number of para-hydroxylation sites is 1. The van der Waals surface area contributed by atoms with Crippen molar-refractivity contribution in [1.29, 1.82) is 0 Å². The standard InChI is InChI=1S/C34H21NOS/c1-2-12-24-21(8-1)9-6-16-29(24)35-23-11-5-10-22(20-23)25-14-7-15-26-27-18-19-31-32(34(27)37-33(25)26)28-13-3-4-17-30(28)36-31/h1-20,35H. The first kappa shape index (κ1) is 20.6. The smallest absolute Gasteiger partial charge is 0.136 e. The Hall–Kier alpha value is -4.60. The molecule has 174 valence electrons. The van der Waals surface area contributed by atoms with Crippen molar-refractivity contribution in [3.63, 3.8) is 0 Å². The van der Waals surface area contributed by atoms with Crippen LogP contribution in [-0.4, -0.2) is 0 Å². The van der Waals surface area contributed by atoms with E-state index in [0.717, 1.165) is 22.5 Å². The minimum atomic E-state index is 0.940. The summed E-state index contributed by atoms with van der Waals surface area (Å²) in [4.78, 5) is 0. The first-order valence-electron chi connectivity index (χ1n) is 12.4. The third kappa shape index (κ3) is 3.18. The maximum Gasteiger partial charge on any atom is 0.136 e. The van der Waals surface area contributed by atoms with E-state index in [2.05, 4.69) is 115 Å². The van der Waals surface area contributed by atoms with E-state index >= 15 is 0 Å². The second kappa shape index (κ2) is 7.95. The largest absolute Gasteiger partial charge is 0.456 e. The van der Waals surface area contributed by atoms with Crippen LogP contribution in [0.5, 0.6) is 0 Å². The van der Waals surface area contributed by atoms with Crippen molar-refractivity contribution in [2.45, 2.75) is 0 Å². The number of benzene rings is 6. The molecule has 0 aliphatic rings. The third-order valence-corrected chi connectivity index (χ3v) is 8.52. The van der Waals surface area contributed by atoms with Gasteiger partial charge in [-0.05, 0) is 52.9 Å². The van der Waals surface area contributed by atoms with Crippen LogP contribution in [0, 0.1) is 0 Å². The van der Waals surface area contributed by atoms with Gasteiger partial charge < -0.3 is 9.73 Å². The molecule has 8 rings (SSSR count). The molecule has 0 unspecified atom stereocenters. The number of thiophene rings is 1. The summed E-state index contributed by atoms with van der Waals surface area (Å²) in [5.74, 6) is 0. The van der Waals surface area contributed by atoms with Gasteiger partial charge in [-0.15, -0.1) is 11.3 Å². The van der Waals surface area contributed by atoms with Crippen LogP contribution in [0.15, 0.2) is 126 Å². The van der Waals surface area contributed by atoms with Crippen molar-refractivity contribution >= 4 is 75.6 Å². The summed E-state index contributed by atoms with van der Waals surface area (Å²) in [6, 6.07) is 42.9. The number of anilines is 2.